The molecule has 1 aromatic heterocycles. The van der Waals surface area contributed by atoms with Crippen molar-refractivity contribution < 1.29 is 14.4 Å². The van der Waals surface area contributed by atoms with Gasteiger partial charge in [0.25, 0.3) is 5.91 Å². The lowest BCUT2D eigenvalue weighted by Gasteiger charge is -2.52. The van der Waals surface area contributed by atoms with Crippen LogP contribution in [0.3, 0.4) is 0 Å². The number of likely N-dealkylation sites (tertiary alicyclic amines) is 1. The van der Waals surface area contributed by atoms with Crippen LogP contribution in [0.4, 0.5) is 0 Å². The Hall–Kier alpha value is -3.20. The normalized spacial score (nSPS) is 19.6. The van der Waals surface area contributed by atoms with Gasteiger partial charge in [-0.2, -0.15) is 5.10 Å². The highest BCUT2D eigenvalue weighted by Crippen LogP contribution is 2.35. The Morgan fingerprint density at radius 2 is 1.82 bits per heavy atom. The zero-order valence-electron chi connectivity index (χ0n) is 24.3. The molecule has 4 rings (SSSR count). The molecule has 39 heavy (non-hydrogen) atoms. The predicted molar refractivity (Wildman–Crippen MR) is 152 cm³/mol. The number of benzene rings is 1. The second kappa shape index (κ2) is 11.9. The van der Waals surface area contributed by atoms with Crippen LogP contribution >= 0.6 is 0 Å². The van der Waals surface area contributed by atoms with Gasteiger partial charge in [0.2, 0.25) is 11.8 Å². The number of nitrogens with one attached hydrogen (secondary N) is 2. The number of carbonyl (C=O) groups is 3. The number of carbonyl (C=O) groups excluding carboxylic acids is 3. The minimum absolute atomic E-state index is 0.0175. The van der Waals surface area contributed by atoms with Crippen molar-refractivity contribution in [3.63, 3.8) is 0 Å². The lowest BCUT2D eigenvalue weighted by molar-refractivity contribution is -0.161. The molecule has 2 fully saturated rings. The number of aryl methyl sites for hydroxylation is 1. The Labute approximate surface area is 232 Å². The molecule has 2 N–H and O–H groups in total. The van der Waals surface area contributed by atoms with Crippen LogP contribution in [0.1, 0.15) is 80.2 Å². The van der Waals surface area contributed by atoms with Crippen LogP contribution in [-0.4, -0.2) is 75.6 Å². The third kappa shape index (κ3) is 5.73. The quantitative estimate of drug-likeness (QED) is 0.512. The van der Waals surface area contributed by atoms with Gasteiger partial charge in [0, 0.05) is 50.0 Å². The fraction of sp³-hybridized carbons (Fsp3) is 0.600. The van der Waals surface area contributed by atoms with Gasteiger partial charge < -0.3 is 15.5 Å². The van der Waals surface area contributed by atoms with Gasteiger partial charge in [0.15, 0.2) is 0 Å². The summed E-state index contributed by atoms with van der Waals surface area (Å²) in [6.07, 6.45) is 3.83. The van der Waals surface area contributed by atoms with Gasteiger partial charge >= 0.3 is 0 Å². The van der Waals surface area contributed by atoms with Gasteiger partial charge in [0.1, 0.15) is 11.6 Å². The van der Waals surface area contributed by atoms with E-state index in [-0.39, 0.29) is 17.7 Å². The van der Waals surface area contributed by atoms with E-state index in [1.807, 2.05) is 28.6 Å². The number of hydrogen-bond acceptors (Lipinski definition) is 5. The van der Waals surface area contributed by atoms with Crippen LogP contribution in [0.5, 0.6) is 0 Å². The summed E-state index contributed by atoms with van der Waals surface area (Å²) < 4.78 is 1.93. The summed E-state index contributed by atoms with van der Waals surface area (Å²) in [6, 6.07) is 7.02. The molecule has 1 aromatic carbocycles. The third-order valence-corrected chi connectivity index (χ3v) is 8.36. The van der Waals surface area contributed by atoms with E-state index in [0.717, 1.165) is 49.6 Å². The highest BCUT2D eigenvalue weighted by atomic mass is 16.2. The molecule has 9 nitrogen and oxygen atoms in total. The van der Waals surface area contributed by atoms with Crippen molar-refractivity contribution in [1.82, 2.24) is 30.2 Å². The van der Waals surface area contributed by atoms with Crippen molar-refractivity contribution in [1.29, 1.82) is 0 Å². The van der Waals surface area contributed by atoms with E-state index in [0.29, 0.717) is 37.3 Å². The Bertz CT molecular complexity index is 1190. The maximum absolute atomic E-state index is 13.5. The summed E-state index contributed by atoms with van der Waals surface area (Å²) >= 11 is 0. The zero-order valence-corrected chi connectivity index (χ0v) is 24.3. The zero-order chi connectivity index (χ0) is 28.3. The molecule has 1 spiro atoms. The number of hydrogen-bond donors (Lipinski definition) is 2. The van der Waals surface area contributed by atoms with Crippen LogP contribution in [-0.2, 0) is 16.1 Å². The Morgan fingerprint density at radius 1 is 1.15 bits per heavy atom. The number of aromatic nitrogens is 2. The minimum Gasteiger partial charge on any atom is -0.355 e. The van der Waals surface area contributed by atoms with Crippen LogP contribution < -0.4 is 10.6 Å². The number of piperazine rings is 1. The third-order valence-electron chi connectivity index (χ3n) is 8.36. The molecule has 0 saturated carbocycles. The first-order valence-corrected chi connectivity index (χ1v) is 14.3. The van der Waals surface area contributed by atoms with Gasteiger partial charge in [-0.3, -0.25) is 19.3 Å². The van der Waals surface area contributed by atoms with Gasteiger partial charge in [-0.25, -0.2) is 4.68 Å². The fourth-order valence-corrected chi connectivity index (χ4v) is 6.00. The first-order chi connectivity index (χ1) is 18.6. The Kier molecular flexibility index (Phi) is 8.79. The van der Waals surface area contributed by atoms with E-state index >= 15 is 0 Å². The molecule has 0 radical (unpaired) electrons. The van der Waals surface area contributed by atoms with Crippen molar-refractivity contribution in [3.8, 4) is 5.69 Å². The second-order valence-electron chi connectivity index (χ2n) is 11.5. The van der Waals surface area contributed by atoms with E-state index in [1.54, 1.807) is 19.2 Å². The van der Waals surface area contributed by atoms with Crippen molar-refractivity contribution in [2.45, 2.75) is 84.8 Å². The lowest BCUT2D eigenvalue weighted by Crippen LogP contribution is -2.73. The lowest BCUT2D eigenvalue weighted by atomic mass is 9.80. The van der Waals surface area contributed by atoms with Gasteiger partial charge in [-0.05, 0) is 69.7 Å². The summed E-state index contributed by atoms with van der Waals surface area (Å²) in [5.41, 5.74) is 3.97. The SMILES string of the molecule is CCCCN1C(=O)C(CC(C)C)NC(=O)C12CCN(Cc1c(C)nn(-c3ccc(C(=O)NC)cc3)c1C)CC2. The van der Waals surface area contributed by atoms with Crippen molar-refractivity contribution in [2.24, 2.45) is 5.92 Å². The summed E-state index contributed by atoms with van der Waals surface area (Å²) in [6.45, 7) is 13.3. The van der Waals surface area contributed by atoms with Gasteiger partial charge in [-0.15, -0.1) is 0 Å². The number of piperidine rings is 1. The monoisotopic (exact) mass is 536 g/mol. The molecule has 2 aliphatic heterocycles. The Balaban J connectivity index is 1.48. The molecule has 212 valence electrons. The number of rotatable bonds is 9. The highest BCUT2D eigenvalue weighted by molar-refractivity contribution is 6.00. The van der Waals surface area contributed by atoms with E-state index in [1.165, 1.54) is 5.56 Å². The van der Waals surface area contributed by atoms with Crippen LogP contribution in [0.15, 0.2) is 24.3 Å². The van der Waals surface area contributed by atoms with Crippen LogP contribution in [0, 0.1) is 19.8 Å². The number of unbranched alkanes of at least 4 members (excludes halogenated alkanes) is 1. The molecule has 1 unspecified atom stereocenters. The maximum Gasteiger partial charge on any atom is 0.251 e. The van der Waals surface area contributed by atoms with Crippen LogP contribution in [0.2, 0.25) is 0 Å². The summed E-state index contributed by atoms with van der Waals surface area (Å²) in [5, 5.41) is 10.5. The average molecular weight is 537 g/mol. The smallest absolute Gasteiger partial charge is 0.251 e. The van der Waals surface area contributed by atoms with Crippen molar-refractivity contribution >= 4 is 17.7 Å². The molecular weight excluding hydrogens is 492 g/mol. The molecule has 3 heterocycles. The number of nitrogens with zero attached hydrogens (tertiary/aromatic N) is 4. The van der Waals surface area contributed by atoms with Crippen LogP contribution in [0.25, 0.3) is 5.69 Å². The largest absolute Gasteiger partial charge is 0.355 e. The minimum atomic E-state index is -0.753. The molecule has 0 bridgehead atoms. The average Bonchev–Trinajstić information content (AvgIpc) is 3.20. The van der Waals surface area contributed by atoms with E-state index in [4.69, 9.17) is 5.10 Å². The van der Waals surface area contributed by atoms with Gasteiger partial charge in [-0.1, -0.05) is 27.2 Å². The molecule has 0 aliphatic carbocycles. The topological polar surface area (TPSA) is 99.6 Å². The molecule has 2 aliphatic rings. The highest BCUT2D eigenvalue weighted by Gasteiger charge is 2.53. The van der Waals surface area contributed by atoms with Crippen molar-refractivity contribution in [3.05, 3.63) is 46.8 Å². The molecule has 1 atom stereocenters. The molecule has 2 saturated heterocycles. The van der Waals surface area contributed by atoms with Crippen molar-refractivity contribution in [2.75, 3.05) is 26.7 Å². The first-order valence-electron chi connectivity index (χ1n) is 14.3. The first kappa shape index (κ1) is 28.8. The molecule has 9 heteroatoms. The van der Waals surface area contributed by atoms with E-state index < -0.39 is 11.6 Å². The van der Waals surface area contributed by atoms with E-state index in [2.05, 4.69) is 43.2 Å². The second-order valence-corrected chi connectivity index (χ2v) is 11.5. The summed E-state index contributed by atoms with van der Waals surface area (Å²) in [4.78, 5) is 43.3. The maximum atomic E-state index is 13.5. The predicted octanol–water partition coefficient (Wildman–Crippen LogP) is 3.36. The number of amides is 3. The summed E-state index contributed by atoms with van der Waals surface area (Å²) in [5.74, 6) is 0.323. The fourth-order valence-electron chi connectivity index (χ4n) is 6.00. The summed E-state index contributed by atoms with van der Waals surface area (Å²) in [7, 11) is 1.62. The molecular formula is C30H44N6O3. The standard InChI is InChI=1S/C30H44N6O3/c1-7-8-15-35-28(38)26(18-20(2)3)32-29(39)30(35)13-16-34(17-14-30)19-25-21(4)33-36(22(25)5)24-11-9-23(10-12-24)27(37)31-6/h9-12,20,26H,7-8,13-19H2,1-6H3,(H,31,37)(H,32,39). The molecule has 2 aromatic rings. The van der Waals surface area contributed by atoms with Gasteiger partial charge in [0.05, 0.1) is 11.4 Å². The van der Waals surface area contributed by atoms with E-state index in [9.17, 15) is 14.4 Å². The Morgan fingerprint density at radius 3 is 2.41 bits per heavy atom. The molecule has 3 amide bonds.